The fourth-order valence-electron chi connectivity index (χ4n) is 2.86. The number of piperazine rings is 1. The SMILES string of the molecule is O=C1CN(c2ccc(NC(=O)Cc3cccc(C(F)(F)F)c3)cc2)CCN1. The van der Waals surface area contributed by atoms with Gasteiger partial charge in [-0.25, -0.2) is 0 Å². The first-order chi connectivity index (χ1) is 12.8. The number of nitrogens with one attached hydrogen (secondary N) is 2. The molecule has 0 aromatic heterocycles. The maximum Gasteiger partial charge on any atom is 0.416 e. The van der Waals surface area contributed by atoms with Crippen LogP contribution in [0.3, 0.4) is 0 Å². The number of benzene rings is 2. The normalized spacial score (nSPS) is 14.6. The minimum absolute atomic E-state index is 0.0419. The molecule has 1 heterocycles. The van der Waals surface area contributed by atoms with E-state index in [1.165, 1.54) is 12.1 Å². The average Bonchev–Trinajstić information content (AvgIpc) is 2.62. The lowest BCUT2D eigenvalue weighted by atomic mass is 10.1. The highest BCUT2D eigenvalue weighted by Gasteiger charge is 2.30. The summed E-state index contributed by atoms with van der Waals surface area (Å²) in [5, 5.41) is 5.42. The molecule has 2 aromatic rings. The maximum atomic E-state index is 12.7. The second kappa shape index (κ2) is 7.69. The molecule has 0 bridgehead atoms. The van der Waals surface area contributed by atoms with Crippen molar-refractivity contribution in [3.05, 3.63) is 59.7 Å². The molecule has 0 radical (unpaired) electrons. The minimum atomic E-state index is -4.44. The number of hydrogen-bond acceptors (Lipinski definition) is 3. The first kappa shape index (κ1) is 18.8. The number of nitrogens with zero attached hydrogens (tertiary/aromatic N) is 1. The van der Waals surface area contributed by atoms with Crippen molar-refractivity contribution >= 4 is 23.2 Å². The summed E-state index contributed by atoms with van der Waals surface area (Å²) in [5.41, 5.74) is 0.916. The number of halogens is 3. The van der Waals surface area contributed by atoms with Crippen LogP contribution in [0.25, 0.3) is 0 Å². The van der Waals surface area contributed by atoms with E-state index in [9.17, 15) is 22.8 Å². The lowest BCUT2D eigenvalue weighted by Crippen LogP contribution is -2.47. The molecule has 8 heteroatoms. The van der Waals surface area contributed by atoms with E-state index in [1.807, 2.05) is 4.90 Å². The third kappa shape index (κ3) is 4.99. The number of carbonyl (C=O) groups is 2. The summed E-state index contributed by atoms with van der Waals surface area (Å²) in [6, 6.07) is 11.7. The molecule has 0 unspecified atom stereocenters. The molecule has 0 saturated carbocycles. The zero-order valence-corrected chi connectivity index (χ0v) is 14.3. The van der Waals surface area contributed by atoms with Crippen LogP contribution in [0.2, 0.25) is 0 Å². The van der Waals surface area contributed by atoms with Crippen LogP contribution in [0.5, 0.6) is 0 Å². The van der Waals surface area contributed by atoms with Gasteiger partial charge in [-0.15, -0.1) is 0 Å². The van der Waals surface area contributed by atoms with E-state index in [2.05, 4.69) is 10.6 Å². The molecular weight excluding hydrogens is 359 g/mol. The fourth-order valence-corrected chi connectivity index (χ4v) is 2.86. The molecule has 2 N–H and O–H groups in total. The Kier molecular flexibility index (Phi) is 5.34. The highest BCUT2D eigenvalue weighted by Crippen LogP contribution is 2.29. The first-order valence-corrected chi connectivity index (χ1v) is 8.39. The van der Waals surface area contributed by atoms with Gasteiger partial charge in [0.2, 0.25) is 11.8 Å². The van der Waals surface area contributed by atoms with E-state index in [1.54, 1.807) is 24.3 Å². The number of rotatable bonds is 4. The van der Waals surface area contributed by atoms with Gasteiger partial charge >= 0.3 is 6.18 Å². The van der Waals surface area contributed by atoms with Crippen LogP contribution in [0.4, 0.5) is 24.5 Å². The van der Waals surface area contributed by atoms with E-state index in [4.69, 9.17) is 0 Å². The Morgan fingerprint density at radius 2 is 1.89 bits per heavy atom. The van der Waals surface area contributed by atoms with Crippen molar-refractivity contribution in [1.29, 1.82) is 0 Å². The van der Waals surface area contributed by atoms with Gasteiger partial charge in [-0.05, 0) is 35.9 Å². The van der Waals surface area contributed by atoms with Gasteiger partial charge in [0.15, 0.2) is 0 Å². The Balaban J connectivity index is 1.60. The number of amides is 2. The van der Waals surface area contributed by atoms with Gasteiger partial charge in [-0.2, -0.15) is 13.2 Å². The van der Waals surface area contributed by atoms with Gasteiger partial charge in [0.1, 0.15) is 0 Å². The summed E-state index contributed by atoms with van der Waals surface area (Å²) in [5.74, 6) is -0.445. The molecule has 0 spiro atoms. The molecule has 0 atom stereocenters. The summed E-state index contributed by atoms with van der Waals surface area (Å²) < 4.78 is 38.2. The van der Waals surface area contributed by atoms with E-state index >= 15 is 0 Å². The van der Waals surface area contributed by atoms with Gasteiger partial charge in [0, 0.05) is 24.5 Å². The average molecular weight is 377 g/mol. The van der Waals surface area contributed by atoms with Crippen molar-refractivity contribution in [1.82, 2.24) is 5.32 Å². The van der Waals surface area contributed by atoms with Gasteiger partial charge in [0.25, 0.3) is 0 Å². The van der Waals surface area contributed by atoms with Gasteiger partial charge in [0.05, 0.1) is 18.5 Å². The van der Waals surface area contributed by atoms with Crippen LogP contribution in [0.15, 0.2) is 48.5 Å². The molecule has 27 heavy (non-hydrogen) atoms. The molecule has 2 aromatic carbocycles. The topological polar surface area (TPSA) is 61.4 Å². The summed E-state index contributed by atoms with van der Waals surface area (Å²) in [7, 11) is 0. The Bertz CT molecular complexity index is 835. The summed E-state index contributed by atoms with van der Waals surface area (Å²) >= 11 is 0. The molecule has 1 aliphatic heterocycles. The van der Waals surface area contributed by atoms with Crippen LogP contribution in [-0.2, 0) is 22.2 Å². The van der Waals surface area contributed by atoms with E-state index < -0.39 is 17.6 Å². The Morgan fingerprint density at radius 3 is 2.56 bits per heavy atom. The van der Waals surface area contributed by atoms with Crippen molar-refractivity contribution in [2.45, 2.75) is 12.6 Å². The van der Waals surface area contributed by atoms with Crippen LogP contribution < -0.4 is 15.5 Å². The Morgan fingerprint density at radius 1 is 1.15 bits per heavy atom. The zero-order valence-electron chi connectivity index (χ0n) is 14.3. The molecule has 1 aliphatic rings. The lowest BCUT2D eigenvalue weighted by molar-refractivity contribution is -0.137. The Hall–Kier alpha value is -3.03. The monoisotopic (exact) mass is 377 g/mol. The minimum Gasteiger partial charge on any atom is -0.360 e. The van der Waals surface area contributed by atoms with Crippen LogP contribution in [-0.4, -0.2) is 31.4 Å². The zero-order chi connectivity index (χ0) is 19.4. The smallest absolute Gasteiger partial charge is 0.360 e. The van der Waals surface area contributed by atoms with Crippen LogP contribution >= 0.6 is 0 Å². The van der Waals surface area contributed by atoms with Crippen molar-refractivity contribution in [2.75, 3.05) is 29.9 Å². The standard InChI is InChI=1S/C19H18F3N3O2/c20-19(21,22)14-3-1-2-13(10-14)11-17(26)24-15-4-6-16(7-5-15)25-9-8-23-18(27)12-25/h1-7,10H,8-9,11-12H2,(H,23,27)(H,24,26). The fraction of sp³-hybridized carbons (Fsp3) is 0.263. The maximum absolute atomic E-state index is 12.7. The molecule has 1 fully saturated rings. The lowest BCUT2D eigenvalue weighted by Gasteiger charge is -2.28. The van der Waals surface area contributed by atoms with Crippen LogP contribution in [0.1, 0.15) is 11.1 Å². The predicted octanol–water partition coefficient (Wildman–Crippen LogP) is 2.82. The van der Waals surface area contributed by atoms with Crippen molar-refractivity contribution < 1.29 is 22.8 Å². The predicted molar refractivity (Wildman–Crippen MR) is 95.4 cm³/mol. The second-order valence-corrected chi connectivity index (χ2v) is 6.24. The summed E-state index contributed by atoms with van der Waals surface area (Å²) in [4.78, 5) is 25.5. The first-order valence-electron chi connectivity index (χ1n) is 8.39. The third-order valence-corrected chi connectivity index (χ3v) is 4.17. The van der Waals surface area contributed by atoms with Gasteiger partial charge < -0.3 is 15.5 Å². The Labute approximate surface area is 154 Å². The number of anilines is 2. The van der Waals surface area contributed by atoms with Crippen molar-refractivity contribution in [3.8, 4) is 0 Å². The second-order valence-electron chi connectivity index (χ2n) is 6.24. The molecule has 0 aliphatic carbocycles. The molecule has 142 valence electrons. The summed E-state index contributed by atoms with van der Waals surface area (Å²) in [6.07, 6.45) is -4.59. The van der Waals surface area contributed by atoms with E-state index in [0.717, 1.165) is 17.8 Å². The largest absolute Gasteiger partial charge is 0.416 e. The number of carbonyl (C=O) groups excluding carboxylic acids is 2. The highest BCUT2D eigenvalue weighted by atomic mass is 19.4. The number of hydrogen-bond donors (Lipinski definition) is 2. The van der Waals surface area contributed by atoms with Crippen molar-refractivity contribution in [2.24, 2.45) is 0 Å². The molecule has 3 rings (SSSR count). The van der Waals surface area contributed by atoms with Crippen molar-refractivity contribution in [3.63, 3.8) is 0 Å². The van der Waals surface area contributed by atoms with E-state index in [0.29, 0.717) is 24.3 Å². The van der Waals surface area contributed by atoms with E-state index in [-0.39, 0.29) is 18.9 Å². The number of alkyl halides is 3. The highest BCUT2D eigenvalue weighted by molar-refractivity contribution is 5.92. The molecular formula is C19H18F3N3O2. The third-order valence-electron chi connectivity index (χ3n) is 4.17. The quantitative estimate of drug-likeness (QED) is 0.861. The molecule has 2 amide bonds. The van der Waals surface area contributed by atoms with Crippen LogP contribution in [0, 0.1) is 0 Å². The van der Waals surface area contributed by atoms with Gasteiger partial charge in [-0.1, -0.05) is 18.2 Å². The van der Waals surface area contributed by atoms with Gasteiger partial charge in [-0.3, -0.25) is 9.59 Å². The molecule has 5 nitrogen and oxygen atoms in total. The molecule has 1 saturated heterocycles. The summed E-state index contributed by atoms with van der Waals surface area (Å²) in [6.45, 7) is 1.56.